The van der Waals surface area contributed by atoms with E-state index >= 15 is 0 Å². The third kappa shape index (κ3) is 6.10. The van der Waals surface area contributed by atoms with Gasteiger partial charge in [0, 0.05) is 0 Å². The second-order valence-electron chi connectivity index (χ2n) is 5.64. The summed E-state index contributed by atoms with van der Waals surface area (Å²) in [7, 11) is 0. The molecule has 0 aromatic carbocycles. The molecule has 0 unspecified atom stereocenters. The first-order valence-electron chi connectivity index (χ1n) is 6.42. The quantitative estimate of drug-likeness (QED) is 0.866. The van der Waals surface area contributed by atoms with E-state index in [4.69, 9.17) is 21.1 Å². The van der Waals surface area contributed by atoms with Crippen molar-refractivity contribution < 1.29 is 14.3 Å². The molecular weight excluding hydrogens is 280 g/mol. The number of aromatic nitrogens is 1. The highest BCUT2D eigenvalue weighted by Gasteiger charge is 2.17. The number of ether oxygens (including phenoxy) is 2. The average molecular weight is 301 g/mol. The van der Waals surface area contributed by atoms with Crippen LogP contribution in [0.5, 0.6) is 5.75 Å². The van der Waals surface area contributed by atoms with Gasteiger partial charge in [-0.25, -0.2) is 9.78 Å². The standard InChI is InChI=1S/C14H21ClN2O3/c1-9-6-11(7-16-12(9)15)19-8-10(2)17-13(18)20-14(3,4)5/h6-7,10H,8H2,1-5H3,(H,17,18)/t10-/m0/s1. The third-order valence-corrected chi connectivity index (χ3v) is 2.65. The molecule has 1 amide bonds. The summed E-state index contributed by atoms with van der Waals surface area (Å²) < 4.78 is 10.7. The van der Waals surface area contributed by atoms with Gasteiger partial charge in [-0.2, -0.15) is 0 Å². The molecule has 1 N–H and O–H groups in total. The molecule has 5 nitrogen and oxygen atoms in total. The average Bonchev–Trinajstić information content (AvgIpc) is 2.28. The van der Waals surface area contributed by atoms with Gasteiger partial charge in [-0.1, -0.05) is 11.6 Å². The predicted octanol–water partition coefficient (Wildman–Crippen LogP) is 3.34. The minimum absolute atomic E-state index is 0.180. The van der Waals surface area contributed by atoms with E-state index in [9.17, 15) is 4.79 Å². The van der Waals surface area contributed by atoms with E-state index in [2.05, 4.69) is 10.3 Å². The number of rotatable bonds is 4. The van der Waals surface area contributed by atoms with Crippen molar-refractivity contribution in [2.45, 2.75) is 46.3 Å². The minimum Gasteiger partial charge on any atom is -0.490 e. The molecule has 0 bridgehead atoms. The first-order valence-corrected chi connectivity index (χ1v) is 6.79. The maximum Gasteiger partial charge on any atom is 0.407 e. The smallest absolute Gasteiger partial charge is 0.407 e. The van der Waals surface area contributed by atoms with Crippen molar-refractivity contribution >= 4 is 17.7 Å². The van der Waals surface area contributed by atoms with E-state index in [1.54, 1.807) is 12.3 Å². The lowest BCUT2D eigenvalue weighted by molar-refractivity contribution is 0.0494. The lowest BCUT2D eigenvalue weighted by Crippen LogP contribution is -2.40. The highest BCUT2D eigenvalue weighted by atomic mass is 35.5. The number of amides is 1. The normalized spacial score (nSPS) is 12.7. The molecule has 1 aromatic rings. The minimum atomic E-state index is -0.512. The van der Waals surface area contributed by atoms with E-state index in [-0.39, 0.29) is 6.04 Å². The summed E-state index contributed by atoms with van der Waals surface area (Å²) in [5, 5.41) is 3.16. The first kappa shape index (κ1) is 16.6. The number of nitrogens with zero attached hydrogens (tertiary/aromatic N) is 1. The molecule has 112 valence electrons. The van der Waals surface area contributed by atoms with Crippen LogP contribution >= 0.6 is 11.6 Å². The van der Waals surface area contributed by atoms with E-state index in [1.807, 2.05) is 34.6 Å². The fraction of sp³-hybridized carbons (Fsp3) is 0.571. The number of pyridine rings is 1. The summed E-state index contributed by atoms with van der Waals surface area (Å²) in [6.45, 7) is 9.45. The van der Waals surface area contributed by atoms with Crippen molar-refractivity contribution in [1.82, 2.24) is 10.3 Å². The Morgan fingerprint density at radius 2 is 2.15 bits per heavy atom. The Labute approximate surface area is 124 Å². The van der Waals surface area contributed by atoms with Gasteiger partial charge in [-0.15, -0.1) is 0 Å². The van der Waals surface area contributed by atoms with Crippen LogP contribution in [-0.4, -0.2) is 29.3 Å². The zero-order chi connectivity index (χ0) is 15.3. The van der Waals surface area contributed by atoms with Crippen molar-refractivity contribution in [2.24, 2.45) is 0 Å². The van der Waals surface area contributed by atoms with Crippen LogP contribution in [0.4, 0.5) is 4.79 Å². The van der Waals surface area contributed by atoms with Crippen LogP contribution in [0.1, 0.15) is 33.3 Å². The van der Waals surface area contributed by atoms with Gasteiger partial charge in [0.05, 0.1) is 12.2 Å². The molecule has 1 aromatic heterocycles. The molecule has 6 heteroatoms. The van der Waals surface area contributed by atoms with Crippen molar-refractivity contribution in [3.05, 3.63) is 23.0 Å². The first-order chi connectivity index (χ1) is 9.17. The van der Waals surface area contributed by atoms with Crippen LogP contribution in [0.25, 0.3) is 0 Å². The number of alkyl carbamates (subject to hydrolysis) is 1. The molecule has 0 fully saturated rings. The van der Waals surface area contributed by atoms with Crippen molar-refractivity contribution in [2.75, 3.05) is 6.61 Å². The number of carbonyl (C=O) groups excluding carboxylic acids is 1. The lowest BCUT2D eigenvalue weighted by Gasteiger charge is -2.22. The molecule has 0 radical (unpaired) electrons. The molecule has 1 rings (SSSR count). The lowest BCUT2D eigenvalue weighted by atomic mass is 10.2. The SMILES string of the molecule is Cc1cc(OC[C@H](C)NC(=O)OC(C)(C)C)cnc1Cl. The van der Waals surface area contributed by atoms with E-state index < -0.39 is 11.7 Å². The van der Waals surface area contributed by atoms with Crippen LogP contribution in [-0.2, 0) is 4.74 Å². The van der Waals surface area contributed by atoms with E-state index in [1.165, 1.54) is 0 Å². The van der Waals surface area contributed by atoms with Crippen LogP contribution in [0, 0.1) is 6.92 Å². The van der Waals surface area contributed by atoms with Gasteiger partial charge in [-0.05, 0) is 46.2 Å². The second-order valence-corrected chi connectivity index (χ2v) is 6.00. The Morgan fingerprint density at radius 3 is 2.70 bits per heavy atom. The van der Waals surface area contributed by atoms with Crippen molar-refractivity contribution in [1.29, 1.82) is 0 Å². The van der Waals surface area contributed by atoms with Gasteiger partial charge in [0.1, 0.15) is 23.1 Å². The molecule has 0 saturated carbocycles. The Morgan fingerprint density at radius 1 is 1.50 bits per heavy atom. The highest BCUT2D eigenvalue weighted by Crippen LogP contribution is 2.17. The predicted molar refractivity (Wildman–Crippen MR) is 78.3 cm³/mol. The highest BCUT2D eigenvalue weighted by molar-refractivity contribution is 6.30. The molecule has 0 aliphatic rings. The molecule has 20 heavy (non-hydrogen) atoms. The summed E-state index contributed by atoms with van der Waals surface area (Å²) >= 11 is 5.83. The molecular formula is C14H21ClN2O3. The second kappa shape index (κ2) is 6.79. The molecule has 0 saturated heterocycles. The van der Waals surface area contributed by atoms with E-state index in [0.29, 0.717) is 17.5 Å². The Balaban J connectivity index is 2.41. The maximum atomic E-state index is 11.6. The summed E-state index contributed by atoms with van der Waals surface area (Å²) in [5.74, 6) is 0.615. The van der Waals surface area contributed by atoms with Crippen LogP contribution in [0.2, 0.25) is 5.15 Å². The van der Waals surface area contributed by atoms with Gasteiger partial charge in [0.15, 0.2) is 0 Å². The number of nitrogens with one attached hydrogen (secondary N) is 1. The van der Waals surface area contributed by atoms with Gasteiger partial charge in [0.2, 0.25) is 0 Å². The van der Waals surface area contributed by atoms with Gasteiger partial charge in [0.25, 0.3) is 0 Å². The molecule has 1 heterocycles. The largest absolute Gasteiger partial charge is 0.490 e. The molecule has 0 spiro atoms. The van der Waals surface area contributed by atoms with Crippen LogP contribution in [0.15, 0.2) is 12.3 Å². The Bertz CT molecular complexity index is 472. The number of hydrogen-bond acceptors (Lipinski definition) is 4. The summed E-state index contributed by atoms with van der Waals surface area (Å²) in [5.41, 5.74) is 0.332. The summed E-state index contributed by atoms with van der Waals surface area (Å²) in [6.07, 6.45) is 1.09. The Hall–Kier alpha value is -1.49. The number of carbonyl (C=O) groups is 1. The number of halogens is 1. The van der Waals surface area contributed by atoms with Gasteiger partial charge >= 0.3 is 6.09 Å². The van der Waals surface area contributed by atoms with Crippen LogP contribution < -0.4 is 10.1 Å². The zero-order valence-electron chi connectivity index (χ0n) is 12.5. The van der Waals surface area contributed by atoms with Gasteiger partial charge in [-0.3, -0.25) is 0 Å². The summed E-state index contributed by atoms with van der Waals surface area (Å²) in [6, 6.07) is 1.62. The third-order valence-electron chi connectivity index (χ3n) is 2.25. The number of hydrogen-bond donors (Lipinski definition) is 1. The fourth-order valence-corrected chi connectivity index (χ4v) is 1.49. The maximum absolute atomic E-state index is 11.6. The van der Waals surface area contributed by atoms with Crippen molar-refractivity contribution in [3.8, 4) is 5.75 Å². The molecule has 1 atom stereocenters. The summed E-state index contributed by atoms with van der Waals surface area (Å²) in [4.78, 5) is 15.6. The zero-order valence-corrected chi connectivity index (χ0v) is 13.2. The Kier molecular flexibility index (Phi) is 5.62. The monoisotopic (exact) mass is 300 g/mol. The van der Waals surface area contributed by atoms with Crippen molar-refractivity contribution in [3.63, 3.8) is 0 Å². The fourth-order valence-electron chi connectivity index (χ4n) is 1.38. The van der Waals surface area contributed by atoms with E-state index in [0.717, 1.165) is 5.56 Å². The topological polar surface area (TPSA) is 60.5 Å². The molecule has 0 aliphatic carbocycles. The number of aryl methyl sites for hydroxylation is 1. The van der Waals surface area contributed by atoms with Crippen LogP contribution in [0.3, 0.4) is 0 Å². The van der Waals surface area contributed by atoms with Gasteiger partial charge < -0.3 is 14.8 Å². The molecule has 0 aliphatic heterocycles.